The second-order valence-corrected chi connectivity index (χ2v) is 2.59. The van der Waals surface area contributed by atoms with E-state index in [1.54, 1.807) is 12.1 Å². The minimum Gasteiger partial charge on any atom is -0.380 e. The Balaban J connectivity index is 2.94. The van der Waals surface area contributed by atoms with Crippen LogP contribution in [0.5, 0.6) is 0 Å². The van der Waals surface area contributed by atoms with E-state index in [1.807, 2.05) is 6.07 Å². The molecule has 11 heavy (non-hydrogen) atoms. The SMILES string of the molecule is Nc1noc2c(Cl)cccc12. The number of para-hydroxylation sites is 1. The first-order valence-corrected chi connectivity index (χ1v) is 3.46. The van der Waals surface area contributed by atoms with Crippen molar-refractivity contribution >= 4 is 28.4 Å². The normalized spacial score (nSPS) is 10.6. The number of nitrogens with zero attached hydrogens (tertiary/aromatic N) is 1. The lowest BCUT2D eigenvalue weighted by molar-refractivity contribution is 0.460. The van der Waals surface area contributed by atoms with Crippen molar-refractivity contribution in [3.05, 3.63) is 23.2 Å². The lowest BCUT2D eigenvalue weighted by Gasteiger charge is -1.87. The van der Waals surface area contributed by atoms with Crippen molar-refractivity contribution in [2.45, 2.75) is 0 Å². The highest BCUT2D eigenvalue weighted by atomic mass is 35.5. The first-order valence-electron chi connectivity index (χ1n) is 3.08. The number of halogens is 1. The Bertz CT molecular complexity index is 396. The van der Waals surface area contributed by atoms with E-state index in [1.165, 1.54) is 0 Å². The molecule has 56 valence electrons. The van der Waals surface area contributed by atoms with E-state index < -0.39 is 0 Å². The fraction of sp³-hybridized carbons (Fsp3) is 0. The number of aromatic nitrogens is 1. The summed E-state index contributed by atoms with van der Waals surface area (Å²) < 4.78 is 4.87. The van der Waals surface area contributed by atoms with E-state index in [0.717, 1.165) is 5.39 Å². The van der Waals surface area contributed by atoms with Crippen molar-refractivity contribution in [3.63, 3.8) is 0 Å². The summed E-state index contributed by atoms with van der Waals surface area (Å²) in [4.78, 5) is 0. The number of nitrogen functional groups attached to an aromatic ring is 1. The van der Waals surface area contributed by atoms with Crippen molar-refractivity contribution in [1.82, 2.24) is 5.16 Å². The predicted molar refractivity (Wildman–Crippen MR) is 43.4 cm³/mol. The molecular weight excluding hydrogens is 164 g/mol. The minimum absolute atomic E-state index is 0.377. The number of hydrogen-bond acceptors (Lipinski definition) is 3. The molecule has 0 unspecified atom stereocenters. The number of anilines is 1. The van der Waals surface area contributed by atoms with Crippen LogP contribution in [0.25, 0.3) is 11.0 Å². The van der Waals surface area contributed by atoms with Gasteiger partial charge in [0.25, 0.3) is 0 Å². The lowest BCUT2D eigenvalue weighted by Crippen LogP contribution is -1.82. The number of nitrogens with two attached hydrogens (primary N) is 1. The highest BCUT2D eigenvalue weighted by Crippen LogP contribution is 2.26. The molecule has 1 heterocycles. The Kier molecular flexibility index (Phi) is 1.26. The van der Waals surface area contributed by atoms with Crippen LogP contribution in [0.3, 0.4) is 0 Å². The second kappa shape index (κ2) is 2.13. The van der Waals surface area contributed by atoms with Gasteiger partial charge in [-0.15, -0.1) is 0 Å². The third-order valence-corrected chi connectivity index (χ3v) is 1.78. The summed E-state index contributed by atoms with van der Waals surface area (Å²) in [6.45, 7) is 0. The quantitative estimate of drug-likeness (QED) is 0.655. The zero-order chi connectivity index (χ0) is 7.84. The van der Waals surface area contributed by atoms with Gasteiger partial charge in [-0.05, 0) is 12.1 Å². The van der Waals surface area contributed by atoms with E-state index in [4.69, 9.17) is 21.9 Å². The lowest BCUT2D eigenvalue weighted by atomic mass is 10.2. The minimum atomic E-state index is 0.377. The second-order valence-electron chi connectivity index (χ2n) is 2.18. The van der Waals surface area contributed by atoms with Crippen LogP contribution in [0.15, 0.2) is 22.7 Å². The van der Waals surface area contributed by atoms with Crippen LogP contribution in [-0.2, 0) is 0 Å². The first kappa shape index (κ1) is 6.49. The Morgan fingerprint density at radius 1 is 1.45 bits per heavy atom. The van der Waals surface area contributed by atoms with Crippen LogP contribution in [0.4, 0.5) is 5.82 Å². The molecule has 0 aliphatic heterocycles. The molecule has 0 radical (unpaired) electrons. The van der Waals surface area contributed by atoms with E-state index in [0.29, 0.717) is 16.4 Å². The van der Waals surface area contributed by atoms with Crippen molar-refractivity contribution in [1.29, 1.82) is 0 Å². The van der Waals surface area contributed by atoms with Gasteiger partial charge in [-0.2, -0.15) is 0 Å². The first-order chi connectivity index (χ1) is 5.29. The molecule has 1 aromatic carbocycles. The monoisotopic (exact) mass is 168 g/mol. The standard InChI is InChI=1S/C7H5ClN2O/c8-5-3-1-2-4-6(5)11-10-7(4)9/h1-3H,(H2,9,10). The van der Waals surface area contributed by atoms with Crippen LogP contribution in [0.1, 0.15) is 0 Å². The fourth-order valence-electron chi connectivity index (χ4n) is 0.947. The molecule has 0 aliphatic carbocycles. The van der Waals surface area contributed by atoms with E-state index >= 15 is 0 Å². The number of fused-ring (bicyclic) bond motifs is 1. The Morgan fingerprint density at radius 2 is 2.27 bits per heavy atom. The summed E-state index contributed by atoms with van der Waals surface area (Å²) in [6.07, 6.45) is 0. The van der Waals surface area contributed by atoms with Crippen LogP contribution in [-0.4, -0.2) is 5.16 Å². The molecule has 0 amide bonds. The van der Waals surface area contributed by atoms with Crippen molar-refractivity contribution in [2.75, 3.05) is 5.73 Å². The van der Waals surface area contributed by atoms with Gasteiger partial charge in [0.2, 0.25) is 0 Å². The largest absolute Gasteiger partial charge is 0.380 e. The third kappa shape index (κ3) is 0.851. The zero-order valence-electron chi connectivity index (χ0n) is 5.54. The summed E-state index contributed by atoms with van der Waals surface area (Å²) in [7, 11) is 0. The molecule has 0 saturated carbocycles. The molecule has 1 aromatic heterocycles. The molecule has 0 fully saturated rings. The highest BCUT2D eigenvalue weighted by molar-refractivity contribution is 6.35. The Labute approximate surface area is 67.7 Å². The molecule has 4 heteroatoms. The summed E-state index contributed by atoms with van der Waals surface area (Å²) in [5.74, 6) is 0.377. The maximum atomic E-state index is 5.78. The highest BCUT2D eigenvalue weighted by Gasteiger charge is 2.06. The molecule has 0 spiro atoms. The van der Waals surface area contributed by atoms with Gasteiger partial charge in [0.05, 0.1) is 10.4 Å². The maximum absolute atomic E-state index is 5.78. The molecule has 0 atom stereocenters. The Morgan fingerprint density at radius 3 is 3.00 bits per heavy atom. The summed E-state index contributed by atoms with van der Waals surface area (Å²) >= 11 is 5.78. The fourth-order valence-corrected chi connectivity index (χ4v) is 1.16. The van der Waals surface area contributed by atoms with Crippen molar-refractivity contribution in [2.24, 2.45) is 0 Å². The zero-order valence-corrected chi connectivity index (χ0v) is 6.30. The molecular formula is C7H5ClN2O. The molecule has 2 rings (SSSR count). The average molecular weight is 169 g/mol. The molecule has 0 saturated heterocycles. The Hall–Kier alpha value is -1.22. The van der Waals surface area contributed by atoms with Crippen LogP contribution in [0, 0.1) is 0 Å². The third-order valence-electron chi connectivity index (χ3n) is 1.48. The predicted octanol–water partition coefficient (Wildman–Crippen LogP) is 2.06. The summed E-state index contributed by atoms with van der Waals surface area (Å²) in [5.41, 5.74) is 6.03. The number of benzene rings is 1. The van der Waals surface area contributed by atoms with Crippen LogP contribution < -0.4 is 5.73 Å². The van der Waals surface area contributed by atoms with Gasteiger partial charge >= 0.3 is 0 Å². The molecule has 0 aliphatic rings. The van der Waals surface area contributed by atoms with E-state index in [2.05, 4.69) is 5.16 Å². The van der Waals surface area contributed by atoms with Gasteiger partial charge in [-0.1, -0.05) is 22.8 Å². The van der Waals surface area contributed by atoms with Crippen molar-refractivity contribution in [3.8, 4) is 0 Å². The van der Waals surface area contributed by atoms with E-state index in [-0.39, 0.29) is 0 Å². The smallest absolute Gasteiger partial charge is 0.187 e. The number of hydrogen-bond donors (Lipinski definition) is 1. The van der Waals surface area contributed by atoms with Gasteiger partial charge in [0, 0.05) is 0 Å². The molecule has 0 bridgehead atoms. The molecule has 3 nitrogen and oxygen atoms in total. The maximum Gasteiger partial charge on any atom is 0.187 e. The van der Waals surface area contributed by atoms with Gasteiger partial charge in [0.1, 0.15) is 0 Å². The van der Waals surface area contributed by atoms with Gasteiger partial charge in [-0.3, -0.25) is 0 Å². The molecule has 2 N–H and O–H groups in total. The summed E-state index contributed by atoms with van der Waals surface area (Å²) in [6, 6.07) is 5.35. The van der Waals surface area contributed by atoms with Gasteiger partial charge in [0.15, 0.2) is 11.4 Å². The molecule has 2 aromatic rings. The van der Waals surface area contributed by atoms with Crippen LogP contribution in [0.2, 0.25) is 5.02 Å². The van der Waals surface area contributed by atoms with Crippen molar-refractivity contribution < 1.29 is 4.52 Å². The van der Waals surface area contributed by atoms with Crippen LogP contribution >= 0.6 is 11.6 Å². The topological polar surface area (TPSA) is 52.0 Å². The average Bonchev–Trinajstić information content (AvgIpc) is 2.35. The summed E-state index contributed by atoms with van der Waals surface area (Å²) in [5, 5.41) is 4.87. The van der Waals surface area contributed by atoms with Gasteiger partial charge in [-0.25, -0.2) is 0 Å². The number of rotatable bonds is 0. The van der Waals surface area contributed by atoms with E-state index in [9.17, 15) is 0 Å². The van der Waals surface area contributed by atoms with Gasteiger partial charge < -0.3 is 10.3 Å².